The lowest BCUT2D eigenvalue weighted by Gasteiger charge is -2.28. The van der Waals surface area contributed by atoms with Gasteiger partial charge in [0.25, 0.3) is 0 Å². The lowest BCUT2D eigenvalue weighted by molar-refractivity contribution is 0.234. The maximum absolute atomic E-state index is 13.0. The molecule has 1 atom stereocenters. The molecular weight excluding hydrogens is 348 g/mol. The van der Waals surface area contributed by atoms with Crippen molar-refractivity contribution in [1.29, 1.82) is 0 Å². The predicted molar refractivity (Wildman–Crippen MR) is 105 cm³/mol. The van der Waals surface area contributed by atoms with Gasteiger partial charge in [0.1, 0.15) is 10.7 Å². The highest BCUT2D eigenvalue weighted by Gasteiger charge is 2.30. The molecule has 2 aliphatic heterocycles. The van der Waals surface area contributed by atoms with Gasteiger partial charge in [0.2, 0.25) is 10.0 Å². The third-order valence-electron chi connectivity index (χ3n) is 5.31. The Morgan fingerprint density at radius 3 is 2.69 bits per heavy atom. The largest absolute Gasteiger partial charge is 0.367 e. The molecule has 2 aliphatic rings. The van der Waals surface area contributed by atoms with E-state index >= 15 is 0 Å². The van der Waals surface area contributed by atoms with E-state index in [4.69, 9.17) is 0 Å². The number of likely N-dealkylation sites (tertiary alicyclic amines) is 1. The van der Waals surface area contributed by atoms with Gasteiger partial charge < -0.3 is 5.32 Å². The summed E-state index contributed by atoms with van der Waals surface area (Å²) in [4.78, 5) is 7.18. The van der Waals surface area contributed by atoms with Crippen LogP contribution in [0.25, 0.3) is 0 Å². The number of anilines is 1. The van der Waals surface area contributed by atoms with Crippen LogP contribution in [-0.2, 0) is 10.0 Å². The van der Waals surface area contributed by atoms with E-state index < -0.39 is 10.0 Å². The molecule has 0 bridgehead atoms. The Hall–Kier alpha value is -1.18. The van der Waals surface area contributed by atoms with E-state index in [1.807, 2.05) is 0 Å². The molecule has 3 rings (SSSR count). The van der Waals surface area contributed by atoms with E-state index in [1.54, 1.807) is 22.6 Å². The number of nitrogens with one attached hydrogen (secondary N) is 1. The molecule has 2 fully saturated rings. The molecule has 7 heteroatoms. The van der Waals surface area contributed by atoms with Crippen LogP contribution in [0.5, 0.6) is 0 Å². The van der Waals surface area contributed by atoms with Crippen molar-refractivity contribution in [3.63, 3.8) is 0 Å². The molecule has 2 saturated heterocycles. The molecule has 0 aromatic carbocycles. The highest BCUT2D eigenvalue weighted by atomic mass is 32.2. The smallest absolute Gasteiger partial charge is 0.246 e. The van der Waals surface area contributed by atoms with Crippen LogP contribution in [0, 0.1) is 5.92 Å². The van der Waals surface area contributed by atoms with Crippen molar-refractivity contribution in [2.45, 2.75) is 56.9 Å². The van der Waals surface area contributed by atoms with Gasteiger partial charge in [-0.15, -0.1) is 0 Å². The van der Waals surface area contributed by atoms with Crippen LogP contribution < -0.4 is 5.32 Å². The SMILES string of the molecule is CC(C)CN1CCC[C@@H]1CNc1ncccc1S(=O)(=O)N1CCCCC1. The van der Waals surface area contributed by atoms with Gasteiger partial charge in [-0.05, 0) is 50.3 Å². The Morgan fingerprint density at radius 1 is 1.19 bits per heavy atom. The zero-order valence-corrected chi connectivity index (χ0v) is 16.8. The van der Waals surface area contributed by atoms with Crippen molar-refractivity contribution in [3.05, 3.63) is 18.3 Å². The predicted octanol–water partition coefficient (Wildman–Crippen LogP) is 2.79. The Kier molecular flexibility index (Phi) is 6.53. The van der Waals surface area contributed by atoms with Crippen molar-refractivity contribution in [3.8, 4) is 0 Å². The molecule has 1 N–H and O–H groups in total. The first-order valence-corrected chi connectivity index (χ1v) is 11.4. The highest BCUT2D eigenvalue weighted by molar-refractivity contribution is 7.89. The first kappa shape index (κ1) is 19.6. The van der Waals surface area contributed by atoms with E-state index in [0.29, 0.717) is 35.8 Å². The summed E-state index contributed by atoms with van der Waals surface area (Å²) in [6, 6.07) is 3.84. The van der Waals surface area contributed by atoms with Crippen molar-refractivity contribution < 1.29 is 8.42 Å². The summed E-state index contributed by atoms with van der Waals surface area (Å²) in [6.07, 6.45) is 7.01. The van der Waals surface area contributed by atoms with Crippen LogP contribution in [-0.4, -0.2) is 61.4 Å². The Bertz CT molecular complexity index is 687. The van der Waals surface area contributed by atoms with E-state index in [-0.39, 0.29) is 0 Å². The van der Waals surface area contributed by atoms with Gasteiger partial charge in [0, 0.05) is 38.4 Å². The number of pyridine rings is 1. The van der Waals surface area contributed by atoms with Crippen LogP contribution >= 0.6 is 0 Å². The van der Waals surface area contributed by atoms with Crippen LogP contribution in [0.3, 0.4) is 0 Å². The lowest BCUT2D eigenvalue weighted by atomic mass is 10.1. The van der Waals surface area contributed by atoms with Gasteiger partial charge in [-0.25, -0.2) is 13.4 Å². The second-order valence-electron chi connectivity index (χ2n) is 7.88. The average Bonchev–Trinajstić information content (AvgIpc) is 3.07. The van der Waals surface area contributed by atoms with Gasteiger partial charge in [-0.3, -0.25) is 4.90 Å². The standard InChI is InChI=1S/C19H32N4O2S/c1-16(2)15-22-11-7-8-17(22)14-21-19-18(9-6-10-20-19)26(24,25)23-12-4-3-5-13-23/h6,9-10,16-17H,3-5,7-8,11-15H2,1-2H3,(H,20,21)/t17-/m1/s1. The third-order valence-corrected chi connectivity index (χ3v) is 7.24. The van der Waals surface area contributed by atoms with Gasteiger partial charge >= 0.3 is 0 Å². The lowest BCUT2D eigenvalue weighted by Crippen LogP contribution is -2.38. The minimum Gasteiger partial charge on any atom is -0.367 e. The number of nitrogens with zero attached hydrogens (tertiary/aromatic N) is 3. The fourth-order valence-electron chi connectivity index (χ4n) is 4.03. The Morgan fingerprint density at radius 2 is 1.96 bits per heavy atom. The molecule has 1 aromatic rings. The summed E-state index contributed by atoms with van der Waals surface area (Å²) in [7, 11) is -3.48. The number of aromatic nitrogens is 1. The van der Waals surface area contributed by atoms with Crippen LogP contribution in [0.15, 0.2) is 23.2 Å². The maximum Gasteiger partial charge on any atom is 0.246 e. The van der Waals surface area contributed by atoms with Gasteiger partial charge in [-0.2, -0.15) is 4.31 Å². The fraction of sp³-hybridized carbons (Fsp3) is 0.737. The summed E-state index contributed by atoms with van der Waals surface area (Å²) in [6.45, 7) is 8.67. The average molecular weight is 381 g/mol. The molecule has 0 saturated carbocycles. The Labute approximate surface area is 158 Å². The zero-order valence-electron chi connectivity index (χ0n) is 16.0. The molecule has 0 radical (unpaired) electrons. The molecule has 0 spiro atoms. The van der Waals surface area contributed by atoms with E-state index in [0.717, 1.165) is 45.3 Å². The van der Waals surface area contributed by atoms with Crippen molar-refractivity contribution in [2.75, 3.05) is 38.0 Å². The van der Waals surface area contributed by atoms with Crippen LogP contribution in [0.4, 0.5) is 5.82 Å². The van der Waals surface area contributed by atoms with Crippen molar-refractivity contribution >= 4 is 15.8 Å². The Balaban J connectivity index is 1.71. The molecule has 1 aromatic heterocycles. The summed E-state index contributed by atoms with van der Waals surface area (Å²) >= 11 is 0. The van der Waals surface area contributed by atoms with E-state index in [2.05, 4.69) is 29.0 Å². The monoisotopic (exact) mass is 380 g/mol. The second kappa shape index (κ2) is 8.67. The molecule has 146 valence electrons. The highest BCUT2D eigenvalue weighted by Crippen LogP contribution is 2.26. The molecular formula is C19H32N4O2S. The first-order chi connectivity index (χ1) is 12.5. The zero-order chi connectivity index (χ0) is 18.6. The van der Waals surface area contributed by atoms with E-state index in [1.165, 1.54) is 6.42 Å². The third kappa shape index (κ3) is 4.56. The summed E-state index contributed by atoms with van der Waals surface area (Å²) in [5, 5.41) is 3.35. The topological polar surface area (TPSA) is 65.5 Å². The second-order valence-corrected chi connectivity index (χ2v) is 9.79. The van der Waals surface area contributed by atoms with Gasteiger partial charge in [0.05, 0.1) is 0 Å². The first-order valence-electron chi connectivity index (χ1n) is 9.91. The minimum atomic E-state index is -3.48. The van der Waals surface area contributed by atoms with Gasteiger partial charge in [0.15, 0.2) is 0 Å². The summed E-state index contributed by atoms with van der Waals surface area (Å²) < 4.78 is 27.7. The summed E-state index contributed by atoms with van der Waals surface area (Å²) in [5.74, 6) is 1.13. The molecule has 3 heterocycles. The summed E-state index contributed by atoms with van der Waals surface area (Å²) in [5.41, 5.74) is 0. The van der Waals surface area contributed by atoms with Crippen molar-refractivity contribution in [1.82, 2.24) is 14.2 Å². The number of sulfonamides is 1. The molecule has 6 nitrogen and oxygen atoms in total. The molecule has 26 heavy (non-hydrogen) atoms. The van der Waals surface area contributed by atoms with Crippen LogP contribution in [0.1, 0.15) is 46.0 Å². The number of piperidine rings is 1. The normalized spacial score (nSPS) is 22.8. The number of hydrogen-bond donors (Lipinski definition) is 1. The van der Waals surface area contributed by atoms with Crippen molar-refractivity contribution in [2.24, 2.45) is 5.92 Å². The molecule has 0 aliphatic carbocycles. The quantitative estimate of drug-likeness (QED) is 0.788. The maximum atomic E-state index is 13.0. The molecule has 0 amide bonds. The fourth-order valence-corrected chi connectivity index (χ4v) is 5.66. The van der Waals surface area contributed by atoms with Gasteiger partial charge in [-0.1, -0.05) is 20.3 Å². The number of hydrogen-bond acceptors (Lipinski definition) is 5. The van der Waals surface area contributed by atoms with E-state index in [9.17, 15) is 8.42 Å². The molecule has 0 unspecified atom stereocenters. The number of rotatable bonds is 7. The minimum absolute atomic E-state index is 0.315. The van der Waals surface area contributed by atoms with Crippen LogP contribution in [0.2, 0.25) is 0 Å².